The van der Waals surface area contributed by atoms with E-state index in [-0.39, 0.29) is 31.0 Å². The molecule has 0 bridgehead atoms. The molecule has 2 aromatic rings. The minimum atomic E-state index is -1.24. The largest absolute Gasteiger partial charge is 0.487 e. The molecule has 1 aliphatic rings. The minimum absolute atomic E-state index is 0.0427. The fourth-order valence-electron chi connectivity index (χ4n) is 2.90. The molecule has 10 heteroatoms. The maximum atomic E-state index is 12.2. The van der Waals surface area contributed by atoms with Crippen molar-refractivity contribution in [3.8, 4) is 5.75 Å². The summed E-state index contributed by atoms with van der Waals surface area (Å²) in [6.07, 6.45) is -1.22. The predicted molar refractivity (Wildman–Crippen MR) is 101 cm³/mol. The van der Waals surface area contributed by atoms with Gasteiger partial charge < -0.3 is 30.0 Å². The maximum Gasteiger partial charge on any atom is 0.414 e. The second kappa shape index (κ2) is 8.65. The van der Waals surface area contributed by atoms with E-state index in [0.29, 0.717) is 17.9 Å². The van der Waals surface area contributed by atoms with Crippen molar-refractivity contribution in [2.24, 2.45) is 5.73 Å². The van der Waals surface area contributed by atoms with Crippen LogP contribution in [-0.4, -0.2) is 54.5 Å². The Morgan fingerprint density at radius 2 is 2.07 bits per heavy atom. The quantitative estimate of drug-likeness (QED) is 0.559. The summed E-state index contributed by atoms with van der Waals surface area (Å²) in [5.74, 6) is -1.70. The first-order valence-corrected chi connectivity index (χ1v) is 8.83. The van der Waals surface area contributed by atoms with E-state index in [9.17, 15) is 19.5 Å². The summed E-state index contributed by atoms with van der Waals surface area (Å²) in [6.45, 7) is 0.614. The average molecular weight is 403 g/mol. The van der Waals surface area contributed by atoms with Gasteiger partial charge in [-0.05, 0) is 17.7 Å². The lowest BCUT2D eigenvalue weighted by atomic mass is 10.2. The van der Waals surface area contributed by atoms with Crippen LogP contribution in [0.3, 0.4) is 0 Å². The highest BCUT2D eigenvalue weighted by Crippen LogP contribution is 2.25. The molecule has 0 saturated carbocycles. The number of benzene rings is 1. The molecule has 29 heavy (non-hydrogen) atoms. The number of aromatic carboxylic acids is 1. The molecule has 0 aliphatic carbocycles. The van der Waals surface area contributed by atoms with Gasteiger partial charge in [-0.1, -0.05) is 12.1 Å². The van der Waals surface area contributed by atoms with Crippen LogP contribution in [0, 0.1) is 0 Å². The molecule has 2 heterocycles. The van der Waals surface area contributed by atoms with Crippen molar-refractivity contribution in [3.05, 3.63) is 47.3 Å². The summed E-state index contributed by atoms with van der Waals surface area (Å²) in [5.41, 5.74) is 7.34. The molecule has 1 saturated heterocycles. The van der Waals surface area contributed by atoms with Crippen LogP contribution >= 0.6 is 0 Å². The van der Waals surface area contributed by atoms with Crippen LogP contribution < -0.4 is 15.4 Å². The number of carboxylic acids is 1. The van der Waals surface area contributed by atoms with Crippen LogP contribution in [0.15, 0.2) is 30.3 Å². The molecule has 1 aromatic carbocycles. The van der Waals surface area contributed by atoms with E-state index in [2.05, 4.69) is 9.72 Å². The summed E-state index contributed by atoms with van der Waals surface area (Å²) < 4.78 is 15.4. The number of aromatic amines is 1. The molecule has 1 amide bonds. The first-order chi connectivity index (χ1) is 13.9. The Kier molecular flexibility index (Phi) is 6.03. The highest BCUT2D eigenvalue weighted by molar-refractivity contribution is 5.90. The van der Waals surface area contributed by atoms with Crippen molar-refractivity contribution in [1.29, 1.82) is 0 Å². The Hall–Kier alpha value is -3.53. The van der Waals surface area contributed by atoms with Gasteiger partial charge in [-0.2, -0.15) is 0 Å². The Morgan fingerprint density at radius 1 is 1.34 bits per heavy atom. The number of nitrogens with two attached hydrogens (primary N) is 1. The molecule has 3 rings (SSSR count). The number of nitrogens with one attached hydrogen (secondary N) is 1. The number of nitrogens with zero attached hydrogens (tertiary/aromatic N) is 1. The third-order valence-corrected chi connectivity index (χ3v) is 4.40. The van der Waals surface area contributed by atoms with Crippen LogP contribution in [0.1, 0.15) is 21.7 Å². The highest BCUT2D eigenvalue weighted by Gasteiger charge is 2.33. The lowest BCUT2D eigenvalue weighted by molar-refractivity contribution is -0.139. The van der Waals surface area contributed by atoms with E-state index in [0.717, 1.165) is 5.56 Å². The number of hydrogen-bond acceptors (Lipinski definition) is 7. The van der Waals surface area contributed by atoms with Gasteiger partial charge in [-0.25, -0.2) is 9.59 Å². The fraction of sp³-hybridized carbons (Fsp3) is 0.316. The Bertz CT molecular complexity index is 907. The Morgan fingerprint density at radius 3 is 2.69 bits per heavy atom. The molecule has 1 fully saturated rings. The van der Waals surface area contributed by atoms with E-state index in [1.165, 1.54) is 18.1 Å². The number of aromatic nitrogens is 1. The van der Waals surface area contributed by atoms with E-state index < -0.39 is 24.1 Å². The van der Waals surface area contributed by atoms with Gasteiger partial charge in [0.15, 0.2) is 17.5 Å². The number of rotatable bonds is 8. The van der Waals surface area contributed by atoms with E-state index in [1.807, 2.05) is 12.1 Å². The number of methoxy groups -OCH3 is 1. The molecule has 1 atom stereocenters. The average Bonchev–Trinajstić information content (AvgIpc) is 3.29. The second-order valence-electron chi connectivity index (χ2n) is 6.39. The maximum absolute atomic E-state index is 12.2. The number of amides is 1. The van der Waals surface area contributed by atoms with E-state index in [1.54, 1.807) is 12.1 Å². The number of hydrogen-bond donors (Lipinski definition) is 3. The van der Waals surface area contributed by atoms with Crippen LogP contribution in [0.5, 0.6) is 5.75 Å². The third-order valence-electron chi connectivity index (χ3n) is 4.40. The van der Waals surface area contributed by atoms with Crippen molar-refractivity contribution >= 4 is 23.7 Å². The fourth-order valence-corrected chi connectivity index (χ4v) is 2.90. The summed E-state index contributed by atoms with van der Waals surface area (Å²) >= 11 is 0. The van der Waals surface area contributed by atoms with Crippen LogP contribution in [0.2, 0.25) is 0 Å². The van der Waals surface area contributed by atoms with Gasteiger partial charge in [-0.15, -0.1) is 0 Å². The lowest BCUT2D eigenvalue weighted by Crippen LogP contribution is -2.26. The van der Waals surface area contributed by atoms with Crippen molar-refractivity contribution in [2.75, 3.05) is 25.2 Å². The van der Waals surface area contributed by atoms with Crippen LogP contribution in [-0.2, 0) is 27.2 Å². The van der Waals surface area contributed by atoms with Crippen molar-refractivity contribution in [2.45, 2.75) is 19.1 Å². The van der Waals surface area contributed by atoms with Crippen molar-refractivity contribution in [1.82, 2.24) is 4.98 Å². The number of carbonyl (C=O) groups excluding carboxylic acids is 2. The number of carboxylic acid groups (broad SMARTS) is 1. The molecular weight excluding hydrogens is 382 g/mol. The van der Waals surface area contributed by atoms with E-state index in [4.69, 9.17) is 15.2 Å². The molecule has 1 aromatic heterocycles. The minimum Gasteiger partial charge on any atom is -0.487 e. The predicted octanol–water partition coefficient (Wildman–Crippen LogP) is 1.29. The number of esters is 1. The highest BCUT2D eigenvalue weighted by atomic mass is 16.6. The molecule has 0 radical (unpaired) electrons. The summed E-state index contributed by atoms with van der Waals surface area (Å²) in [4.78, 5) is 39.0. The van der Waals surface area contributed by atoms with Gasteiger partial charge >= 0.3 is 18.0 Å². The van der Waals surface area contributed by atoms with Gasteiger partial charge in [-0.3, -0.25) is 9.69 Å². The van der Waals surface area contributed by atoms with Gasteiger partial charge in [0.05, 0.1) is 20.1 Å². The van der Waals surface area contributed by atoms with Crippen molar-refractivity contribution in [3.63, 3.8) is 0 Å². The van der Waals surface area contributed by atoms with Crippen LogP contribution in [0.4, 0.5) is 10.5 Å². The standard InChI is InChI=1S/C19H21N3O7/c1-27-16(23)7-12-6-15(17(21-12)18(24)25)28-10-14-9-22(19(26)29-14)13-4-2-11(8-20)3-5-13/h2-6,14,21H,7-10,20H2,1H3,(H,24,25). The van der Waals surface area contributed by atoms with E-state index >= 15 is 0 Å². The zero-order valence-electron chi connectivity index (χ0n) is 15.7. The van der Waals surface area contributed by atoms with Gasteiger partial charge in [0.25, 0.3) is 0 Å². The smallest absolute Gasteiger partial charge is 0.414 e. The molecule has 10 nitrogen and oxygen atoms in total. The number of H-pyrrole nitrogens is 1. The topological polar surface area (TPSA) is 144 Å². The zero-order chi connectivity index (χ0) is 21.0. The summed E-state index contributed by atoms with van der Waals surface area (Å²) in [6, 6.07) is 8.63. The first kappa shape index (κ1) is 20.2. The molecule has 4 N–H and O–H groups in total. The molecular formula is C19H21N3O7. The zero-order valence-corrected chi connectivity index (χ0v) is 15.7. The monoisotopic (exact) mass is 403 g/mol. The number of cyclic esters (lactones) is 1. The van der Waals surface area contributed by atoms with Gasteiger partial charge in [0.2, 0.25) is 0 Å². The molecule has 154 valence electrons. The summed E-state index contributed by atoms with van der Waals surface area (Å²) in [5, 5.41) is 9.31. The molecule has 0 spiro atoms. The van der Waals surface area contributed by atoms with Crippen LogP contribution in [0.25, 0.3) is 0 Å². The number of ether oxygens (including phenoxy) is 3. The Labute approximate surface area is 166 Å². The molecule has 1 aliphatic heterocycles. The SMILES string of the molecule is COC(=O)Cc1cc(OCC2CN(c3ccc(CN)cc3)C(=O)O2)c(C(=O)O)[nH]1. The number of carbonyl (C=O) groups is 3. The normalized spacial score (nSPS) is 15.9. The summed E-state index contributed by atoms with van der Waals surface area (Å²) in [7, 11) is 1.24. The van der Waals surface area contributed by atoms with Crippen molar-refractivity contribution < 1.29 is 33.7 Å². The molecule has 1 unspecified atom stereocenters. The Balaban J connectivity index is 1.64. The van der Waals surface area contributed by atoms with Gasteiger partial charge in [0, 0.05) is 24.0 Å². The third kappa shape index (κ3) is 4.66. The second-order valence-corrected chi connectivity index (χ2v) is 6.39. The van der Waals surface area contributed by atoms with Gasteiger partial charge in [0.1, 0.15) is 6.61 Å². The number of anilines is 1. The first-order valence-electron chi connectivity index (χ1n) is 8.83. The lowest BCUT2D eigenvalue weighted by Gasteiger charge is -2.13.